The zero-order valence-electron chi connectivity index (χ0n) is 17.6. The van der Waals surface area contributed by atoms with Crippen LogP contribution in [-0.2, 0) is 5.41 Å². The van der Waals surface area contributed by atoms with Crippen molar-refractivity contribution < 1.29 is 5.11 Å². The maximum atomic E-state index is 10.3. The van der Waals surface area contributed by atoms with E-state index in [2.05, 4.69) is 49.8 Å². The Morgan fingerprint density at radius 3 is 2.10 bits per heavy atom. The third-order valence-corrected chi connectivity index (χ3v) is 5.10. The molecule has 0 saturated carbocycles. The van der Waals surface area contributed by atoms with Crippen LogP contribution in [0.1, 0.15) is 46.6 Å². The van der Waals surface area contributed by atoms with Crippen LogP contribution in [0.3, 0.4) is 0 Å². The summed E-state index contributed by atoms with van der Waals surface area (Å²) in [6, 6.07) is 13.4. The van der Waals surface area contributed by atoms with E-state index in [0.717, 1.165) is 17.5 Å². The van der Waals surface area contributed by atoms with Gasteiger partial charge in [-0.15, -0.1) is 26.3 Å². The second-order valence-corrected chi connectivity index (χ2v) is 9.73. The van der Waals surface area contributed by atoms with Crippen molar-refractivity contribution in [3.05, 3.63) is 65.1 Å². The number of aromatic hydroxyl groups is 1. The average Bonchev–Trinajstić information content (AvgIpc) is 3.32. The van der Waals surface area contributed by atoms with Crippen LogP contribution in [-0.4, -0.2) is 25.1 Å². The number of benzene rings is 2. The second kappa shape index (κ2) is 8.33. The average molecular weight is 409 g/mol. The van der Waals surface area contributed by atoms with E-state index in [1.165, 1.54) is 10.4 Å². The number of phenolic OH excluding ortho intramolecular Hbond substituents is 1. The van der Waals surface area contributed by atoms with Gasteiger partial charge in [0.2, 0.25) is 0 Å². The third kappa shape index (κ3) is 5.41. The SMILES string of the molecule is CC(C)(C)CC(C)(C)c1ccc(O)c(-n2nc3ccccc3n2)c1.c1cscn1. The summed E-state index contributed by atoms with van der Waals surface area (Å²) in [4.78, 5) is 5.27. The molecule has 4 aromatic rings. The monoisotopic (exact) mass is 408 g/mol. The molecule has 4 rings (SSSR count). The molecule has 0 radical (unpaired) electrons. The fourth-order valence-corrected chi connectivity index (χ4v) is 4.03. The van der Waals surface area contributed by atoms with Crippen LogP contribution in [0.5, 0.6) is 5.75 Å². The molecule has 2 aromatic heterocycles. The molecule has 5 nitrogen and oxygen atoms in total. The van der Waals surface area contributed by atoms with Crippen LogP contribution in [0.15, 0.2) is 59.6 Å². The molecule has 2 aromatic carbocycles. The van der Waals surface area contributed by atoms with Crippen molar-refractivity contribution in [2.45, 2.75) is 46.5 Å². The predicted octanol–water partition coefficient (Wildman–Crippen LogP) is 5.98. The molecule has 29 heavy (non-hydrogen) atoms. The molecule has 0 saturated heterocycles. The quantitative estimate of drug-likeness (QED) is 0.453. The molecule has 0 fully saturated rings. The summed E-state index contributed by atoms with van der Waals surface area (Å²) in [5, 5.41) is 21.2. The molecule has 0 spiro atoms. The summed E-state index contributed by atoms with van der Waals surface area (Å²) >= 11 is 1.60. The summed E-state index contributed by atoms with van der Waals surface area (Å²) in [7, 11) is 0. The van der Waals surface area contributed by atoms with Crippen molar-refractivity contribution in [2.75, 3.05) is 0 Å². The topological polar surface area (TPSA) is 63.8 Å². The molecule has 152 valence electrons. The van der Waals surface area contributed by atoms with Crippen LogP contribution in [0.4, 0.5) is 0 Å². The number of thiazole rings is 1. The Labute approximate surface area is 176 Å². The van der Waals surface area contributed by atoms with Crippen LogP contribution in [0, 0.1) is 5.41 Å². The molecule has 0 unspecified atom stereocenters. The minimum Gasteiger partial charge on any atom is -0.506 e. The number of hydrogen-bond donors (Lipinski definition) is 1. The number of nitrogens with zero attached hydrogens (tertiary/aromatic N) is 4. The Balaban J connectivity index is 0.000000419. The molecule has 0 atom stereocenters. The van der Waals surface area contributed by atoms with Crippen molar-refractivity contribution in [1.29, 1.82) is 0 Å². The fourth-order valence-electron chi connectivity index (χ4n) is 3.68. The van der Waals surface area contributed by atoms with Crippen LogP contribution >= 0.6 is 11.3 Å². The zero-order valence-corrected chi connectivity index (χ0v) is 18.4. The van der Waals surface area contributed by atoms with E-state index in [1.54, 1.807) is 29.1 Å². The Morgan fingerprint density at radius 1 is 0.966 bits per heavy atom. The van der Waals surface area contributed by atoms with Gasteiger partial charge in [-0.25, -0.2) is 0 Å². The standard InChI is InChI=1S/C20H25N3O.C3H3NS/c1-19(2,3)13-20(4,5)14-10-11-18(24)17(12-14)23-21-15-8-6-7-9-16(15)22-23;1-2-5-3-4-1/h6-12,24H,13H2,1-5H3;1-3H. The fraction of sp³-hybridized carbons (Fsp3) is 0.348. The highest BCUT2D eigenvalue weighted by Gasteiger charge is 2.28. The van der Waals surface area contributed by atoms with Gasteiger partial charge in [0.05, 0.1) is 5.51 Å². The summed E-state index contributed by atoms with van der Waals surface area (Å²) < 4.78 is 0. The lowest BCUT2D eigenvalue weighted by molar-refractivity contribution is 0.284. The van der Waals surface area contributed by atoms with E-state index < -0.39 is 0 Å². The molecule has 0 aliphatic carbocycles. The van der Waals surface area contributed by atoms with E-state index in [-0.39, 0.29) is 16.6 Å². The first kappa shape index (κ1) is 21.0. The molecule has 6 heteroatoms. The molecular weight excluding hydrogens is 380 g/mol. The molecule has 0 amide bonds. The molecule has 2 heterocycles. The number of fused-ring (bicyclic) bond motifs is 1. The Morgan fingerprint density at radius 2 is 1.62 bits per heavy atom. The van der Waals surface area contributed by atoms with Gasteiger partial charge in [0.1, 0.15) is 22.5 Å². The highest BCUT2D eigenvalue weighted by molar-refractivity contribution is 7.07. The van der Waals surface area contributed by atoms with Crippen LogP contribution in [0.25, 0.3) is 16.7 Å². The minimum atomic E-state index is -0.00667. The van der Waals surface area contributed by atoms with Crippen molar-refractivity contribution in [3.8, 4) is 11.4 Å². The van der Waals surface area contributed by atoms with Crippen LogP contribution in [0.2, 0.25) is 0 Å². The summed E-state index contributed by atoms with van der Waals surface area (Å²) in [6.07, 6.45) is 2.81. The molecular formula is C23H28N4OS. The van der Waals surface area contributed by atoms with E-state index in [9.17, 15) is 5.11 Å². The van der Waals surface area contributed by atoms with Crippen molar-refractivity contribution in [3.63, 3.8) is 0 Å². The second-order valence-electron chi connectivity index (χ2n) is 8.98. The normalized spacial score (nSPS) is 11.9. The summed E-state index contributed by atoms with van der Waals surface area (Å²) in [5.74, 6) is 0.186. The number of rotatable bonds is 3. The molecule has 1 N–H and O–H groups in total. The lowest BCUT2D eigenvalue weighted by Gasteiger charge is -2.33. The largest absolute Gasteiger partial charge is 0.506 e. The highest BCUT2D eigenvalue weighted by Crippen LogP contribution is 2.38. The van der Waals surface area contributed by atoms with Gasteiger partial charge in [-0.1, -0.05) is 52.8 Å². The first-order valence-electron chi connectivity index (χ1n) is 9.64. The number of hydrogen-bond acceptors (Lipinski definition) is 5. The third-order valence-electron chi connectivity index (χ3n) is 4.58. The van der Waals surface area contributed by atoms with E-state index in [1.807, 2.05) is 41.8 Å². The predicted molar refractivity (Wildman–Crippen MR) is 120 cm³/mol. The lowest BCUT2D eigenvalue weighted by Crippen LogP contribution is -2.25. The van der Waals surface area contributed by atoms with E-state index >= 15 is 0 Å². The van der Waals surface area contributed by atoms with Gasteiger partial charge < -0.3 is 5.11 Å². The first-order chi connectivity index (χ1) is 13.7. The maximum Gasteiger partial charge on any atom is 0.143 e. The minimum absolute atomic E-state index is 0.00667. The molecule has 0 aliphatic rings. The van der Waals surface area contributed by atoms with Gasteiger partial charge in [0.25, 0.3) is 0 Å². The number of aromatic nitrogens is 4. The Bertz CT molecular complexity index is 1010. The Hall–Kier alpha value is -2.73. The van der Waals surface area contributed by atoms with Crippen molar-refractivity contribution >= 4 is 22.4 Å². The van der Waals surface area contributed by atoms with Gasteiger partial charge >= 0.3 is 0 Å². The highest BCUT2D eigenvalue weighted by atomic mass is 32.1. The maximum absolute atomic E-state index is 10.3. The van der Waals surface area contributed by atoms with Crippen LogP contribution < -0.4 is 0 Å². The smallest absolute Gasteiger partial charge is 0.143 e. The summed E-state index contributed by atoms with van der Waals surface area (Å²) in [6.45, 7) is 11.2. The molecule has 0 bridgehead atoms. The van der Waals surface area contributed by atoms with E-state index in [4.69, 9.17) is 0 Å². The van der Waals surface area contributed by atoms with Crippen molar-refractivity contribution in [2.24, 2.45) is 5.41 Å². The van der Waals surface area contributed by atoms with Gasteiger partial charge in [-0.3, -0.25) is 4.98 Å². The summed E-state index contributed by atoms with van der Waals surface area (Å²) in [5.41, 5.74) is 5.43. The Kier molecular flexibility index (Phi) is 6.03. The zero-order chi connectivity index (χ0) is 21.1. The lowest BCUT2D eigenvalue weighted by atomic mass is 9.72. The number of phenols is 1. The van der Waals surface area contributed by atoms with Gasteiger partial charge in [0.15, 0.2) is 0 Å². The van der Waals surface area contributed by atoms with Gasteiger partial charge in [-0.05, 0) is 47.1 Å². The van der Waals surface area contributed by atoms with Gasteiger partial charge in [0, 0.05) is 11.6 Å². The van der Waals surface area contributed by atoms with Gasteiger partial charge in [-0.2, -0.15) is 0 Å². The van der Waals surface area contributed by atoms with Crippen molar-refractivity contribution in [1.82, 2.24) is 20.0 Å². The first-order valence-corrected chi connectivity index (χ1v) is 10.6. The molecule has 0 aliphatic heterocycles. The van der Waals surface area contributed by atoms with E-state index in [0.29, 0.717) is 5.69 Å².